The molecule has 0 spiro atoms. The highest BCUT2D eigenvalue weighted by molar-refractivity contribution is 6.39. The zero-order valence-corrected chi connectivity index (χ0v) is 12.0. The Morgan fingerprint density at radius 3 is 2.64 bits per heavy atom. The van der Waals surface area contributed by atoms with Crippen LogP contribution in [0.25, 0.3) is 0 Å². The second-order valence-electron chi connectivity index (χ2n) is 4.64. The van der Waals surface area contributed by atoms with Crippen LogP contribution in [0.15, 0.2) is 18.2 Å². The summed E-state index contributed by atoms with van der Waals surface area (Å²) in [5, 5.41) is 16.2. The summed E-state index contributed by atoms with van der Waals surface area (Å²) in [5.41, 5.74) is -0.115. The number of carbonyl (C=O) groups is 2. The number of nitro benzene ring substituents is 1. The second kappa shape index (κ2) is 6.85. The summed E-state index contributed by atoms with van der Waals surface area (Å²) in [6.45, 7) is 2.13. The van der Waals surface area contributed by atoms with Gasteiger partial charge in [0.15, 0.2) is 0 Å². The molecule has 0 aliphatic carbocycles. The first-order chi connectivity index (χ1) is 10.5. The molecule has 1 heterocycles. The highest BCUT2D eigenvalue weighted by Gasteiger charge is 2.24. The quantitative estimate of drug-likeness (QED) is 0.460. The summed E-state index contributed by atoms with van der Waals surface area (Å²) >= 11 is 0. The smallest absolute Gasteiger partial charge is 0.314 e. The fourth-order valence-corrected chi connectivity index (χ4v) is 2.09. The Balaban J connectivity index is 2.14. The maximum Gasteiger partial charge on any atom is 0.314 e. The predicted molar refractivity (Wildman–Crippen MR) is 77.7 cm³/mol. The highest BCUT2D eigenvalue weighted by atomic mass is 16.6. The molecule has 2 rings (SSSR count). The Hall–Kier alpha value is -2.68. The Morgan fingerprint density at radius 2 is 2.05 bits per heavy atom. The van der Waals surface area contributed by atoms with E-state index in [1.807, 2.05) is 0 Å². The van der Waals surface area contributed by atoms with E-state index < -0.39 is 16.7 Å². The van der Waals surface area contributed by atoms with Crippen LogP contribution < -0.4 is 15.4 Å². The number of amides is 2. The van der Waals surface area contributed by atoms with Crippen molar-refractivity contribution < 1.29 is 19.2 Å². The molecule has 1 aliphatic heterocycles. The van der Waals surface area contributed by atoms with Crippen LogP contribution in [0.4, 0.5) is 11.4 Å². The standard InChI is InChI=1S/C13H16N4O5/c1-22-11-3-2-9(17(20)21)8-10(11)15-12(18)13(19)16-6-4-14-5-7-16/h2-3,8,14H,4-7H2,1H3,(H,15,18). The van der Waals surface area contributed by atoms with Gasteiger partial charge in [-0.05, 0) is 6.07 Å². The molecule has 118 valence electrons. The van der Waals surface area contributed by atoms with Crippen molar-refractivity contribution in [1.29, 1.82) is 0 Å². The first kappa shape index (κ1) is 15.7. The third-order valence-corrected chi connectivity index (χ3v) is 3.24. The van der Waals surface area contributed by atoms with E-state index in [9.17, 15) is 19.7 Å². The lowest BCUT2D eigenvalue weighted by Gasteiger charge is -2.26. The van der Waals surface area contributed by atoms with E-state index in [0.717, 1.165) is 6.07 Å². The molecule has 0 aromatic heterocycles. The fourth-order valence-electron chi connectivity index (χ4n) is 2.09. The summed E-state index contributed by atoms with van der Waals surface area (Å²) in [5.74, 6) is -1.28. The van der Waals surface area contributed by atoms with Crippen molar-refractivity contribution in [3.05, 3.63) is 28.3 Å². The van der Waals surface area contributed by atoms with Crippen LogP contribution in [-0.2, 0) is 9.59 Å². The van der Waals surface area contributed by atoms with Gasteiger partial charge in [-0.2, -0.15) is 0 Å². The first-order valence-corrected chi connectivity index (χ1v) is 6.66. The van der Waals surface area contributed by atoms with Gasteiger partial charge in [0.2, 0.25) is 0 Å². The molecular formula is C13H16N4O5. The van der Waals surface area contributed by atoms with Crippen LogP contribution in [-0.4, -0.2) is 54.9 Å². The van der Waals surface area contributed by atoms with Crippen molar-refractivity contribution in [2.24, 2.45) is 0 Å². The van der Waals surface area contributed by atoms with Gasteiger partial charge in [0.25, 0.3) is 5.69 Å². The molecule has 0 bridgehead atoms. The molecule has 0 radical (unpaired) electrons. The van der Waals surface area contributed by atoms with Crippen LogP contribution in [0, 0.1) is 10.1 Å². The van der Waals surface area contributed by atoms with E-state index >= 15 is 0 Å². The number of benzene rings is 1. The normalized spacial score (nSPS) is 14.3. The molecule has 1 saturated heterocycles. The molecule has 1 aromatic carbocycles. The van der Waals surface area contributed by atoms with Gasteiger partial charge in [-0.15, -0.1) is 0 Å². The molecule has 9 nitrogen and oxygen atoms in total. The summed E-state index contributed by atoms with van der Waals surface area (Å²) in [6.07, 6.45) is 0. The molecule has 0 saturated carbocycles. The molecule has 2 N–H and O–H groups in total. The van der Waals surface area contributed by atoms with Gasteiger partial charge in [-0.25, -0.2) is 0 Å². The van der Waals surface area contributed by atoms with Crippen LogP contribution in [0.5, 0.6) is 5.75 Å². The summed E-state index contributed by atoms with van der Waals surface area (Å²) in [7, 11) is 1.37. The van der Waals surface area contributed by atoms with Gasteiger partial charge in [0.05, 0.1) is 17.7 Å². The van der Waals surface area contributed by atoms with Crippen LogP contribution >= 0.6 is 0 Å². The Kier molecular flexibility index (Phi) is 4.89. The fraction of sp³-hybridized carbons (Fsp3) is 0.385. The van der Waals surface area contributed by atoms with Crippen LogP contribution in [0.3, 0.4) is 0 Å². The number of anilines is 1. The average molecular weight is 308 g/mol. The van der Waals surface area contributed by atoms with Gasteiger partial charge < -0.3 is 20.3 Å². The zero-order chi connectivity index (χ0) is 16.1. The minimum atomic E-state index is -0.847. The van der Waals surface area contributed by atoms with Gasteiger partial charge >= 0.3 is 11.8 Å². The average Bonchev–Trinajstić information content (AvgIpc) is 2.54. The predicted octanol–water partition coefficient (Wildman–Crippen LogP) is -0.0263. The number of carbonyl (C=O) groups excluding carboxylic acids is 2. The maximum atomic E-state index is 12.0. The molecular weight excluding hydrogens is 292 g/mol. The minimum Gasteiger partial charge on any atom is -0.495 e. The first-order valence-electron chi connectivity index (χ1n) is 6.66. The molecule has 1 aromatic rings. The maximum absolute atomic E-state index is 12.0. The van der Waals surface area contributed by atoms with Crippen LogP contribution in [0.2, 0.25) is 0 Å². The summed E-state index contributed by atoms with van der Waals surface area (Å²) in [6, 6.07) is 3.78. The van der Waals surface area contributed by atoms with E-state index in [4.69, 9.17) is 4.74 Å². The number of nitrogens with zero attached hydrogens (tertiary/aromatic N) is 2. The zero-order valence-electron chi connectivity index (χ0n) is 12.0. The Bertz CT molecular complexity index is 598. The highest BCUT2D eigenvalue weighted by Crippen LogP contribution is 2.28. The molecule has 0 unspecified atom stereocenters. The van der Waals surface area contributed by atoms with Gasteiger partial charge in [-0.1, -0.05) is 0 Å². The molecule has 1 fully saturated rings. The summed E-state index contributed by atoms with van der Waals surface area (Å²) in [4.78, 5) is 35.7. The van der Waals surface area contributed by atoms with Crippen molar-refractivity contribution in [3.63, 3.8) is 0 Å². The van der Waals surface area contributed by atoms with Crippen LogP contribution in [0.1, 0.15) is 0 Å². The number of rotatable bonds is 3. The SMILES string of the molecule is COc1ccc([N+](=O)[O-])cc1NC(=O)C(=O)N1CCNCC1. The van der Waals surface area contributed by atoms with Crippen molar-refractivity contribution in [1.82, 2.24) is 10.2 Å². The molecule has 1 aliphatic rings. The third-order valence-electron chi connectivity index (χ3n) is 3.24. The van der Waals surface area contributed by atoms with E-state index in [1.54, 1.807) is 0 Å². The van der Waals surface area contributed by atoms with Crippen molar-refractivity contribution in [2.75, 3.05) is 38.6 Å². The number of nitrogens with one attached hydrogen (secondary N) is 2. The third kappa shape index (κ3) is 3.50. The van der Waals surface area contributed by atoms with E-state index in [0.29, 0.717) is 26.2 Å². The second-order valence-corrected chi connectivity index (χ2v) is 4.64. The number of hydrogen-bond donors (Lipinski definition) is 2. The summed E-state index contributed by atoms with van der Waals surface area (Å²) < 4.78 is 5.03. The van der Waals surface area contributed by atoms with Crippen molar-refractivity contribution in [3.8, 4) is 5.75 Å². The van der Waals surface area contributed by atoms with E-state index in [-0.39, 0.29) is 17.1 Å². The van der Waals surface area contributed by atoms with E-state index in [2.05, 4.69) is 10.6 Å². The van der Waals surface area contributed by atoms with Crippen molar-refractivity contribution in [2.45, 2.75) is 0 Å². The topological polar surface area (TPSA) is 114 Å². The Labute approximate surface area is 126 Å². The van der Waals surface area contributed by atoms with E-state index in [1.165, 1.54) is 24.1 Å². The number of hydrogen-bond acceptors (Lipinski definition) is 6. The molecule has 22 heavy (non-hydrogen) atoms. The van der Waals surface area contributed by atoms with Gasteiger partial charge in [0, 0.05) is 38.3 Å². The monoisotopic (exact) mass is 308 g/mol. The number of non-ortho nitro benzene ring substituents is 1. The minimum absolute atomic E-state index is 0.0881. The molecule has 0 atom stereocenters. The lowest BCUT2D eigenvalue weighted by atomic mass is 10.2. The number of methoxy groups -OCH3 is 1. The van der Waals surface area contributed by atoms with Gasteiger partial charge in [0.1, 0.15) is 5.75 Å². The van der Waals surface area contributed by atoms with Gasteiger partial charge in [-0.3, -0.25) is 19.7 Å². The molecule has 9 heteroatoms. The number of piperazine rings is 1. The lowest BCUT2D eigenvalue weighted by molar-refractivity contribution is -0.384. The molecule has 2 amide bonds. The van der Waals surface area contributed by atoms with Crippen molar-refractivity contribution >= 4 is 23.2 Å². The Morgan fingerprint density at radius 1 is 1.36 bits per heavy atom. The number of ether oxygens (including phenoxy) is 1. The lowest BCUT2D eigenvalue weighted by Crippen LogP contribution is -2.49. The number of nitro groups is 1. The largest absolute Gasteiger partial charge is 0.495 e.